The van der Waals surface area contributed by atoms with E-state index in [2.05, 4.69) is 10.3 Å². The third-order valence-corrected chi connectivity index (χ3v) is 2.60. The Labute approximate surface area is 100 Å². The summed E-state index contributed by atoms with van der Waals surface area (Å²) >= 11 is 0. The second-order valence-corrected chi connectivity index (χ2v) is 3.75. The zero-order chi connectivity index (χ0) is 12.3. The highest BCUT2D eigenvalue weighted by molar-refractivity contribution is 6.00. The number of pyridine rings is 1. The molecule has 0 aliphatic carbocycles. The largest absolute Gasteiger partial charge is 0.338 e. The Morgan fingerprint density at radius 1 is 1.35 bits per heavy atom. The van der Waals surface area contributed by atoms with Crippen molar-refractivity contribution >= 4 is 22.6 Å². The van der Waals surface area contributed by atoms with Gasteiger partial charge in [0.05, 0.1) is 0 Å². The molecule has 4 heteroatoms. The fourth-order valence-electron chi connectivity index (χ4n) is 1.74. The second kappa shape index (κ2) is 4.82. The lowest BCUT2D eigenvalue weighted by molar-refractivity contribution is 0.248. The number of carbonyl (C=O) groups is 1. The summed E-state index contributed by atoms with van der Waals surface area (Å²) in [6.07, 6.45) is 1.72. The van der Waals surface area contributed by atoms with E-state index in [1.165, 1.54) is 4.90 Å². The van der Waals surface area contributed by atoms with E-state index < -0.39 is 0 Å². The van der Waals surface area contributed by atoms with Crippen LogP contribution in [0.3, 0.4) is 0 Å². The smallest absolute Gasteiger partial charge is 0.322 e. The zero-order valence-corrected chi connectivity index (χ0v) is 9.97. The maximum absolute atomic E-state index is 11.8. The van der Waals surface area contributed by atoms with Crippen LogP contribution in [0.1, 0.15) is 6.92 Å². The van der Waals surface area contributed by atoms with E-state index in [4.69, 9.17) is 0 Å². The fourth-order valence-corrected chi connectivity index (χ4v) is 1.74. The van der Waals surface area contributed by atoms with Gasteiger partial charge in [0, 0.05) is 25.2 Å². The number of nitrogens with one attached hydrogen (secondary N) is 1. The Balaban J connectivity index is 2.44. The van der Waals surface area contributed by atoms with Crippen molar-refractivity contribution in [2.45, 2.75) is 6.92 Å². The summed E-state index contributed by atoms with van der Waals surface area (Å²) in [5, 5.41) is 4.81. The number of carbonyl (C=O) groups excluding carboxylic acids is 1. The maximum atomic E-state index is 11.8. The number of anilines is 1. The number of hydrogen-bond acceptors (Lipinski definition) is 2. The molecule has 4 nitrogen and oxygen atoms in total. The Morgan fingerprint density at radius 2 is 2.12 bits per heavy atom. The second-order valence-electron chi connectivity index (χ2n) is 3.75. The Morgan fingerprint density at radius 3 is 2.88 bits per heavy atom. The van der Waals surface area contributed by atoms with E-state index in [1.807, 2.05) is 37.3 Å². The Kier molecular flexibility index (Phi) is 3.23. The highest BCUT2D eigenvalue weighted by Crippen LogP contribution is 2.22. The lowest BCUT2D eigenvalue weighted by Crippen LogP contribution is -2.37. The molecule has 0 aliphatic heterocycles. The summed E-state index contributed by atoms with van der Waals surface area (Å²) in [6.45, 7) is 2.50. The molecule has 0 aliphatic rings. The van der Waals surface area contributed by atoms with Crippen molar-refractivity contribution in [2.24, 2.45) is 0 Å². The molecule has 17 heavy (non-hydrogen) atoms. The summed E-state index contributed by atoms with van der Waals surface area (Å²) in [5.74, 6) is 0.675. The summed E-state index contributed by atoms with van der Waals surface area (Å²) in [5.41, 5.74) is 0. The quantitative estimate of drug-likeness (QED) is 0.859. The number of hydrogen-bond donors (Lipinski definition) is 1. The minimum Gasteiger partial charge on any atom is -0.338 e. The summed E-state index contributed by atoms with van der Waals surface area (Å²) in [4.78, 5) is 17.6. The SMILES string of the molecule is CCNC(=O)N(C)c1nccc2ccccc12. The molecule has 1 heterocycles. The standard InChI is InChI=1S/C13H15N3O/c1-3-14-13(17)16(2)12-11-7-5-4-6-10(11)8-9-15-12/h4-9H,3H2,1-2H3,(H,14,17). The predicted octanol–water partition coefficient (Wildman–Crippen LogP) is 2.40. The van der Waals surface area contributed by atoms with Crippen LogP contribution in [-0.2, 0) is 0 Å². The van der Waals surface area contributed by atoms with Gasteiger partial charge in [0.25, 0.3) is 0 Å². The molecule has 0 saturated heterocycles. The average Bonchev–Trinajstić information content (AvgIpc) is 2.37. The van der Waals surface area contributed by atoms with Gasteiger partial charge in [0.1, 0.15) is 5.82 Å². The monoisotopic (exact) mass is 229 g/mol. The molecule has 0 bridgehead atoms. The molecule has 0 saturated carbocycles. The van der Waals surface area contributed by atoms with Gasteiger partial charge in [-0.3, -0.25) is 4.90 Å². The van der Waals surface area contributed by atoms with Gasteiger partial charge in [-0.15, -0.1) is 0 Å². The van der Waals surface area contributed by atoms with E-state index in [0.29, 0.717) is 12.4 Å². The highest BCUT2D eigenvalue weighted by Gasteiger charge is 2.13. The number of nitrogens with zero attached hydrogens (tertiary/aromatic N) is 2. The van der Waals surface area contributed by atoms with Gasteiger partial charge in [0.2, 0.25) is 0 Å². The van der Waals surface area contributed by atoms with Gasteiger partial charge >= 0.3 is 6.03 Å². The minimum absolute atomic E-state index is 0.142. The van der Waals surface area contributed by atoms with Crippen LogP contribution in [-0.4, -0.2) is 24.6 Å². The lowest BCUT2D eigenvalue weighted by atomic mass is 10.1. The third-order valence-electron chi connectivity index (χ3n) is 2.60. The van der Waals surface area contributed by atoms with Crippen LogP contribution >= 0.6 is 0 Å². The molecule has 2 rings (SSSR count). The molecule has 2 aromatic rings. The average molecular weight is 229 g/mol. The molecule has 1 aromatic heterocycles. The molecule has 0 fully saturated rings. The molecule has 88 valence electrons. The first-order chi connectivity index (χ1) is 8.24. The Bertz CT molecular complexity index is 534. The van der Waals surface area contributed by atoms with Crippen molar-refractivity contribution in [1.82, 2.24) is 10.3 Å². The van der Waals surface area contributed by atoms with Crippen molar-refractivity contribution in [2.75, 3.05) is 18.5 Å². The number of aromatic nitrogens is 1. The van der Waals surface area contributed by atoms with Crippen molar-refractivity contribution in [3.05, 3.63) is 36.5 Å². The van der Waals surface area contributed by atoms with Crippen LogP contribution in [0, 0.1) is 0 Å². The maximum Gasteiger partial charge on any atom is 0.322 e. The molecule has 1 aromatic carbocycles. The Hall–Kier alpha value is -2.10. The number of urea groups is 1. The third kappa shape index (κ3) is 2.20. The summed E-state index contributed by atoms with van der Waals surface area (Å²) in [7, 11) is 1.72. The molecular weight excluding hydrogens is 214 g/mol. The van der Waals surface area contributed by atoms with E-state index in [9.17, 15) is 4.79 Å². The number of benzene rings is 1. The number of rotatable bonds is 2. The van der Waals surface area contributed by atoms with Gasteiger partial charge in [-0.05, 0) is 18.4 Å². The molecule has 0 unspecified atom stereocenters. The normalized spacial score (nSPS) is 10.2. The molecule has 0 spiro atoms. The van der Waals surface area contributed by atoms with Gasteiger partial charge < -0.3 is 5.32 Å². The fraction of sp³-hybridized carbons (Fsp3) is 0.231. The van der Waals surface area contributed by atoms with Crippen LogP contribution in [0.2, 0.25) is 0 Å². The first-order valence-electron chi connectivity index (χ1n) is 5.59. The van der Waals surface area contributed by atoms with E-state index >= 15 is 0 Å². The first-order valence-corrected chi connectivity index (χ1v) is 5.59. The van der Waals surface area contributed by atoms with Crippen molar-refractivity contribution in [3.63, 3.8) is 0 Å². The first kappa shape index (κ1) is 11.4. The molecule has 2 amide bonds. The van der Waals surface area contributed by atoms with Crippen LogP contribution in [0.4, 0.5) is 10.6 Å². The number of fused-ring (bicyclic) bond motifs is 1. The summed E-state index contributed by atoms with van der Waals surface area (Å²) in [6, 6.07) is 9.68. The number of amides is 2. The van der Waals surface area contributed by atoms with Crippen molar-refractivity contribution in [3.8, 4) is 0 Å². The van der Waals surface area contributed by atoms with Gasteiger partial charge in [-0.1, -0.05) is 24.3 Å². The summed E-state index contributed by atoms with van der Waals surface area (Å²) < 4.78 is 0. The zero-order valence-electron chi connectivity index (χ0n) is 9.97. The van der Waals surface area contributed by atoms with E-state index in [0.717, 1.165) is 10.8 Å². The molecule has 1 N–H and O–H groups in total. The molecule has 0 radical (unpaired) electrons. The van der Waals surface area contributed by atoms with Crippen LogP contribution in [0.25, 0.3) is 10.8 Å². The molecular formula is C13H15N3O. The van der Waals surface area contributed by atoms with E-state index in [1.54, 1.807) is 13.2 Å². The minimum atomic E-state index is -0.142. The van der Waals surface area contributed by atoms with E-state index in [-0.39, 0.29) is 6.03 Å². The van der Waals surface area contributed by atoms with Crippen LogP contribution in [0.5, 0.6) is 0 Å². The van der Waals surface area contributed by atoms with Crippen LogP contribution < -0.4 is 10.2 Å². The predicted molar refractivity (Wildman–Crippen MR) is 69.2 cm³/mol. The van der Waals surface area contributed by atoms with Crippen molar-refractivity contribution in [1.29, 1.82) is 0 Å². The van der Waals surface area contributed by atoms with Gasteiger partial charge in [0.15, 0.2) is 0 Å². The molecule has 0 atom stereocenters. The topological polar surface area (TPSA) is 45.2 Å². The van der Waals surface area contributed by atoms with Crippen LogP contribution in [0.15, 0.2) is 36.5 Å². The van der Waals surface area contributed by atoms with Gasteiger partial charge in [-0.25, -0.2) is 9.78 Å². The highest BCUT2D eigenvalue weighted by atomic mass is 16.2. The van der Waals surface area contributed by atoms with Gasteiger partial charge in [-0.2, -0.15) is 0 Å². The lowest BCUT2D eigenvalue weighted by Gasteiger charge is -2.18. The van der Waals surface area contributed by atoms with Crippen molar-refractivity contribution < 1.29 is 4.79 Å².